The Morgan fingerprint density at radius 2 is 2.06 bits per heavy atom. The average Bonchev–Trinajstić information content (AvgIpc) is 2.60. The second-order valence-electron chi connectivity index (χ2n) is 3.89. The lowest BCUT2D eigenvalue weighted by Crippen LogP contribution is -2.15. The van der Waals surface area contributed by atoms with Crippen LogP contribution in [0.3, 0.4) is 0 Å². The van der Waals surface area contributed by atoms with E-state index in [1.165, 1.54) is 0 Å². The van der Waals surface area contributed by atoms with Crippen molar-refractivity contribution in [3.8, 4) is 5.69 Å². The van der Waals surface area contributed by atoms with E-state index in [9.17, 15) is 4.79 Å². The molecule has 5 heteroatoms. The number of rotatable bonds is 2. The lowest BCUT2D eigenvalue weighted by atomic mass is 10.1. The number of carbonyl (C=O) groups excluding carboxylic acids is 1. The lowest BCUT2D eigenvalue weighted by molar-refractivity contribution is 0.100. The predicted molar refractivity (Wildman–Crippen MR) is 66.0 cm³/mol. The first-order chi connectivity index (χ1) is 8.02. The molecular formula is C12H14N4O. The van der Waals surface area contributed by atoms with Crippen molar-refractivity contribution in [3.63, 3.8) is 0 Å². The summed E-state index contributed by atoms with van der Waals surface area (Å²) in [4.78, 5) is 15.4. The van der Waals surface area contributed by atoms with Crippen molar-refractivity contribution in [1.82, 2.24) is 9.55 Å². The highest BCUT2D eigenvalue weighted by molar-refractivity contribution is 5.99. The Kier molecular flexibility index (Phi) is 2.59. The first-order valence-electron chi connectivity index (χ1n) is 5.21. The highest BCUT2D eigenvalue weighted by atomic mass is 16.1. The third kappa shape index (κ3) is 1.75. The van der Waals surface area contributed by atoms with E-state index in [2.05, 4.69) is 4.98 Å². The zero-order valence-electron chi connectivity index (χ0n) is 9.77. The van der Waals surface area contributed by atoms with Crippen molar-refractivity contribution in [3.05, 3.63) is 41.5 Å². The van der Waals surface area contributed by atoms with Gasteiger partial charge >= 0.3 is 0 Å². The van der Waals surface area contributed by atoms with Crippen LogP contribution in [0.25, 0.3) is 5.69 Å². The number of nitrogen functional groups attached to an aromatic ring is 1. The average molecular weight is 230 g/mol. The number of hydrogen-bond acceptors (Lipinski definition) is 3. The van der Waals surface area contributed by atoms with Gasteiger partial charge in [0.25, 0.3) is 5.91 Å². The van der Waals surface area contributed by atoms with Crippen molar-refractivity contribution in [2.24, 2.45) is 5.73 Å². The fourth-order valence-electron chi connectivity index (χ4n) is 1.72. The van der Waals surface area contributed by atoms with E-state index < -0.39 is 5.91 Å². The highest BCUT2D eigenvalue weighted by Gasteiger charge is 2.12. The van der Waals surface area contributed by atoms with Gasteiger partial charge in [-0.3, -0.25) is 4.79 Å². The SMILES string of the molecule is Cc1ncn(-c2cccc(C(N)=O)c2N)c1C. The number of para-hydroxylation sites is 1. The van der Waals surface area contributed by atoms with E-state index in [0.717, 1.165) is 17.1 Å². The maximum Gasteiger partial charge on any atom is 0.250 e. The summed E-state index contributed by atoms with van der Waals surface area (Å²) in [5, 5.41) is 0. The number of nitrogens with zero attached hydrogens (tertiary/aromatic N) is 2. The summed E-state index contributed by atoms with van der Waals surface area (Å²) in [5.74, 6) is -0.529. The summed E-state index contributed by atoms with van der Waals surface area (Å²) in [5.41, 5.74) is 14.5. The summed E-state index contributed by atoms with van der Waals surface area (Å²) in [6.07, 6.45) is 1.68. The van der Waals surface area contributed by atoms with Gasteiger partial charge in [-0.15, -0.1) is 0 Å². The van der Waals surface area contributed by atoms with Crippen molar-refractivity contribution in [1.29, 1.82) is 0 Å². The molecule has 4 N–H and O–H groups in total. The van der Waals surface area contributed by atoms with Crippen LogP contribution in [0.1, 0.15) is 21.7 Å². The van der Waals surface area contributed by atoms with Crippen LogP contribution in [-0.4, -0.2) is 15.5 Å². The van der Waals surface area contributed by atoms with Gasteiger partial charge in [-0.2, -0.15) is 0 Å². The number of benzene rings is 1. The Bertz CT molecular complexity index is 586. The fraction of sp³-hybridized carbons (Fsp3) is 0.167. The van der Waals surface area contributed by atoms with Crippen molar-refractivity contribution in [2.75, 3.05) is 5.73 Å². The molecule has 5 nitrogen and oxygen atoms in total. The monoisotopic (exact) mass is 230 g/mol. The molecule has 0 aliphatic rings. The maximum atomic E-state index is 11.2. The molecular weight excluding hydrogens is 216 g/mol. The molecule has 2 aromatic rings. The zero-order valence-corrected chi connectivity index (χ0v) is 9.77. The van der Waals surface area contributed by atoms with Gasteiger partial charge < -0.3 is 16.0 Å². The van der Waals surface area contributed by atoms with Crippen LogP contribution < -0.4 is 11.5 Å². The molecule has 0 spiro atoms. The third-order valence-corrected chi connectivity index (χ3v) is 2.86. The summed E-state index contributed by atoms with van der Waals surface area (Å²) in [7, 11) is 0. The normalized spacial score (nSPS) is 10.5. The topological polar surface area (TPSA) is 86.9 Å². The fourth-order valence-corrected chi connectivity index (χ4v) is 1.72. The number of imidazole rings is 1. The number of amides is 1. The second-order valence-corrected chi connectivity index (χ2v) is 3.89. The molecule has 0 unspecified atom stereocenters. The van der Waals surface area contributed by atoms with Gasteiger partial charge in [0, 0.05) is 5.69 Å². The van der Waals surface area contributed by atoms with Gasteiger partial charge in [0.15, 0.2) is 0 Å². The molecule has 1 aromatic heterocycles. The van der Waals surface area contributed by atoms with Gasteiger partial charge in [-0.25, -0.2) is 4.98 Å². The summed E-state index contributed by atoms with van der Waals surface area (Å²) in [6.45, 7) is 3.86. The minimum absolute atomic E-state index is 0.327. The number of aryl methyl sites for hydroxylation is 1. The van der Waals surface area contributed by atoms with Gasteiger partial charge in [-0.1, -0.05) is 6.07 Å². The highest BCUT2D eigenvalue weighted by Crippen LogP contribution is 2.23. The first-order valence-corrected chi connectivity index (χ1v) is 5.21. The van der Waals surface area contributed by atoms with E-state index in [1.54, 1.807) is 18.5 Å². The molecule has 0 saturated heterocycles. The molecule has 1 aromatic carbocycles. The number of nitrogens with two attached hydrogens (primary N) is 2. The van der Waals surface area contributed by atoms with Crippen LogP contribution in [0.15, 0.2) is 24.5 Å². The minimum Gasteiger partial charge on any atom is -0.396 e. The molecule has 0 aliphatic heterocycles. The molecule has 0 atom stereocenters. The van der Waals surface area contributed by atoms with Gasteiger partial charge in [0.05, 0.1) is 29.0 Å². The molecule has 1 heterocycles. The number of aromatic nitrogens is 2. The molecule has 17 heavy (non-hydrogen) atoms. The molecule has 0 fully saturated rings. The molecule has 0 bridgehead atoms. The van der Waals surface area contributed by atoms with Crippen LogP contribution in [0.4, 0.5) is 5.69 Å². The maximum absolute atomic E-state index is 11.2. The van der Waals surface area contributed by atoms with Crippen LogP contribution in [0.5, 0.6) is 0 Å². The van der Waals surface area contributed by atoms with Crippen LogP contribution in [0, 0.1) is 13.8 Å². The van der Waals surface area contributed by atoms with E-state index in [1.807, 2.05) is 24.5 Å². The number of carbonyl (C=O) groups is 1. The Hall–Kier alpha value is -2.30. The third-order valence-electron chi connectivity index (χ3n) is 2.86. The Morgan fingerprint density at radius 3 is 2.59 bits per heavy atom. The van der Waals surface area contributed by atoms with E-state index in [4.69, 9.17) is 11.5 Å². The van der Waals surface area contributed by atoms with Crippen LogP contribution in [-0.2, 0) is 0 Å². The summed E-state index contributed by atoms with van der Waals surface area (Å²) < 4.78 is 1.84. The summed E-state index contributed by atoms with van der Waals surface area (Å²) >= 11 is 0. The largest absolute Gasteiger partial charge is 0.396 e. The van der Waals surface area contributed by atoms with Crippen molar-refractivity contribution >= 4 is 11.6 Å². The zero-order chi connectivity index (χ0) is 12.6. The molecule has 0 saturated carbocycles. The minimum atomic E-state index is -0.529. The quantitative estimate of drug-likeness (QED) is 0.759. The van der Waals surface area contributed by atoms with Gasteiger partial charge in [-0.05, 0) is 26.0 Å². The standard InChI is InChI=1S/C12H14N4O/c1-7-8(2)16(6-15-7)10-5-3-4-9(11(10)13)12(14)17/h3-6H,13H2,1-2H3,(H2,14,17). The molecule has 88 valence electrons. The van der Waals surface area contributed by atoms with E-state index >= 15 is 0 Å². The second kappa shape index (κ2) is 3.93. The lowest BCUT2D eigenvalue weighted by Gasteiger charge is -2.11. The first kappa shape index (κ1) is 11.2. The van der Waals surface area contributed by atoms with Gasteiger partial charge in [0.1, 0.15) is 0 Å². The van der Waals surface area contributed by atoms with E-state index in [-0.39, 0.29) is 0 Å². The van der Waals surface area contributed by atoms with Crippen molar-refractivity contribution in [2.45, 2.75) is 13.8 Å². The Balaban J connectivity index is 2.65. The number of hydrogen-bond donors (Lipinski definition) is 2. The molecule has 1 amide bonds. The predicted octanol–water partition coefficient (Wildman–Crippen LogP) is 1.17. The number of primary amides is 1. The van der Waals surface area contributed by atoms with Crippen LogP contribution in [0.2, 0.25) is 0 Å². The number of anilines is 1. The van der Waals surface area contributed by atoms with Crippen LogP contribution >= 0.6 is 0 Å². The summed E-state index contributed by atoms with van der Waals surface area (Å²) in [6, 6.07) is 5.19. The van der Waals surface area contributed by atoms with Gasteiger partial charge in [0.2, 0.25) is 0 Å². The van der Waals surface area contributed by atoms with E-state index in [0.29, 0.717) is 11.3 Å². The Morgan fingerprint density at radius 1 is 1.35 bits per heavy atom. The molecule has 0 aliphatic carbocycles. The Labute approximate surface area is 99.1 Å². The molecule has 2 rings (SSSR count). The molecule has 0 radical (unpaired) electrons. The smallest absolute Gasteiger partial charge is 0.250 e. The van der Waals surface area contributed by atoms with Crippen molar-refractivity contribution < 1.29 is 4.79 Å².